The average Bonchev–Trinajstić information content (AvgIpc) is 3.33. The molecule has 1 unspecified atom stereocenters. The lowest BCUT2D eigenvalue weighted by atomic mass is 9.99. The van der Waals surface area contributed by atoms with Gasteiger partial charge in [-0.3, -0.25) is 0 Å². The van der Waals surface area contributed by atoms with Crippen molar-refractivity contribution in [2.45, 2.75) is 11.8 Å². The molecule has 0 aliphatic rings. The van der Waals surface area contributed by atoms with Crippen LogP contribution in [0.5, 0.6) is 0 Å². The molecule has 0 saturated carbocycles. The Kier molecular flexibility index (Phi) is 5.24. The molecule has 1 aromatic carbocycles. The topological polar surface area (TPSA) is 74.5 Å². The van der Waals surface area contributed by atoms with Gasteiger partial charge in [0.2, 0.25) is 0 Å². The van der Waals surface area contributed by atoms with Crippen LogP contribution in [-0.2, 0) is 11.8 Å². The molecule has 0 aliphatic carbocycles. The number of alkyl halides is 3. The molecule has 3 N–H and O–H groups in total. The smallest absolute Gasteiger partial charge is 0.416 e. The molecule has 3 rings (SSSR count). The average molecular weight is 396 g/mol. The summed E-state index contributed by atoms with van der Waals surface area (Å²) in [6, 6.07) is 10.1. The second-order valence-corrected chi connectivity index (χ2v) is 6.65. The Labute approximate surface area is 156 Å². The summed E-state index contributed by atoms with van der Waals surface area (Å²) in [5.74, 6) is 0.264. The van der Waals surface area contributed by atoms with E-state index in [1.807, 2.05) is 0 Å². The summed E-state index contributed by atoms with van der Waals surface area (Å²) in [7, 11) is 0. The number of aliphatic hydroxyl groups is 1. The fourth-order valence-corrected chi connectivity index (χ4v) is 3.28. The third-order valence-electron chi connectivity index (χ3n) is 3.83. The maximum Gasteiger partial charge on any atom is 0.416 e. The fraction of sp³-hybridized carbons (Fsp3) is 0.167. The SMILES string of the molecule is O=C(NCC(O)(c1ccco1)c1cccs1)Nc1ccc(C(F)(F)F)cc1. The number of benzene rings is 1. The highest BCUT2D eigenvalue weighted by atomic mass is 32.1. The van der Waals surface area contributed by atoms with E-state index in [-0.39, 0.29) is 18.0 Å². The van der Waals surface area contributed by atoms with Crippen molar-refractivity contribution >= 4 is 23.1 Å². The minimum Gasteiger partial charge on any atom is -0.466 e. The molecule has 0 aliphatic heterocycles. The Balaban J connectivity index is 1.67. The number of halogens is 3. The molecule has 0 fully saturated rings. The summed E-state index contributed by atoms with van der Waals surface area (Å²) in [6.07, 6.45) is -3.03. The molecule has 0 spiro atoms. The Morgan fingerprint density at radius 3 is 2.41 bits per heavy atom. The van der Waals surface area contributed by atoms with Gasteiger partial charge in [-0.1, -0.05) is 6.07 Å². The molecular weight excluding hydrogens is 381 g/mol. The predicted octanol–water partition coefficient (Wildman–Crippen LogP) is 4.42. The van der Waals surface area contributed by atoms with Crippen LogP contribution >= 0.6 is 11.3 Å². The Bertz CT molecular complexity index is 841. The lowest BCUT2D eigenvalue weighted by Crippen LogP contribution is -2.42. The lowest BCUT2D eigenvalue weighted by Gasteiger charge is -2.25. The number of amides is 2. The first kappa shape index (κ1) is 19.0. The number of hydrogen-bond acceptors (Lipinski definition) is 4. The van der Waals surface area contributed by atoms with Crippen molar-refractivity contribution in [1.29, 1.82) is 0 Å². The van der Waals surface area contributed by atoms with Crippen LogP contribution < -0.4 is 10.6 Å². The van der Waals surface area contributed by atoms with Crippen molar-refractivity contribution in [3.63, 3.8) is 0 Å². The van der Waals surface area contributed by atoms with E-state index >= 15 is 0 Å². The van der Waals surface area contributed by atoms with Crippen molar-refractivity contribution in [3.8, 4) is 0 Å². The number of furan rings is 1. The molecule has 2 heterocycles. The lowest BCUT2D eigenvalue weighted by molar-refractivity contribution is -0.137. The number of urea groups is 1. The number of rotatable bonds is 5. The summed E-state index contributed by atoms with van der Waals surface area (Å²) in [4.78, 5) is 12.7. The van der Waals surface area contributed by atoms with Gasteiger partial charge in [0, 0.05) is 10.6 Å². The second kappa shape index (κ2) is 7.45. The second-order valence-electron chi connectivity index (χ2n) is 5.70. The number of nitrogens with one attached hydrogen (secondary N) is 2. The van der Waals surface area contributed by atoms with Gasteiger partial charge in [0.05, 0.1) is 18.4 Å². The van der Waals surface area contributed by atoms with E-state index in [9.17, 15) is 23.1 Å². The molecule has 0 saturated heterocycles. The van der Waals surface area contributed by atoms with E-state index < -0.39 is 23.4 Å². The van der Waals surface area contributed by atoms with Gasteiger partial charge in [0.1, 0.15) is 5.76 Å². The maximum absolute atomic E-state index is 12.6. The van der Waals surface area contributed by atoms with Gasteiger partial charge in [0.25, 0.3) is 0 Å². The van der Waals surface area contributed by atoms with E-state index in [2.05, 4.69) is 10.6 Å². The first-order valence-electron chi connectivity index (χ1n) is 7.81. The van der Waals surface area contributed by atoms with Gasteiger partial charge in [0.15, 0.2) is 5.60 Å². The van der Waals surface area contributed by atoms with Crippen LogP contribution in [0.1, 0.15) is 16.2 Å². The summed E-state index contributed by atoms with van der Waals surface area (Å²) < 4.78 is 43.0. The third kappa shape index (κ3) is 4.32. The van der Waals surface area contributed by atoms with Crippen LogP contribution in [0.2, 0.25) is 0 Å². The van der Waals surface area contributed by atoms with Crippen LogP contribution in [0.15, 0.2) is 64.6 Å². The summed E-state index contributed by atoms with van der Waals surface area (Å²) >= 11 is 1.30. The van der Waals surface area contributed by atoms with E-state index in [1.165, 1.54) is 17.6 Å². The van der Waals surface area contributed by atoms with Crippen LogP contribution in [0.4, 0.5) is 23.7 Å². The Hall–Kier alpha value is -2.78. The number of carbonyl (C=O) groups excluding carboxylic acids is 1. The van der Waals surface area contributed by atoms with E-state index in [0.717, 1.165) is 24.3 Å². The van der Waals surface area contributed by atoms with Gasteiger partial charge >= 0.3 is 12.2 Å². The van der Waals surface area contributed by atoms with Crippen molar-refractivity contribution in [2.24, 2.45) is 0 Å². The molecule has 9 heteroatoms. The van der Waals surface area contributed by atoms with Crippen molar-refractivity contribution < 1.29 is 27.5 Å². The molecule has 142 valence electrons. The van der Waals surface area contributed by atoms with Crippen LogP contribution in [0.25, 0.3) is 0 Å². The van der Waals surface area contributed by atoms with Gasteiger partial charge in [-0.15, -0.1) is 11.3 Å². The molecule has 3 aromatic rings. The molecule has 0 bridgehead atoms. The zero-order valence-electron chi connectivity index (χ0n) is 13.8. The van der Waals surface area contributed by atoms with E-state index in [4.69, 9.17) is 4.42 Å². The van der Waals surface area contributed by atoms with Crippen molar-refractivity contribution in [1.82, 2.24) is 5.32 Å². The van der Waals surface area contributed by atoms with Crippen LogP contribution in [-0.4, -0.2) is 17.7 Å². The number of thiophene rings is 1. The maximum atomic E-state index is 12.6. The molecule has 2 aromatic heterocycles. The predicted molar refractivity (Wildman–Crippen MR) is 94.5 cm³/mol. The highest BCUT2D eigenvalue weighted by Gasteiger charge is 2.36. The van der Waals surface area contributed by atoms with Gasteiger partial charge in [-0.2, -0.15) is 13.2 Å². The van der Waals surface area contributed by atoms with Gasteiger partial charge in [-0.05, 0) is 47.8 Å². The monoisotopic (exact) mass is 396 g/mol. The Morgan fingerprint density at radius 2 is 1.85 bits per heavy atom. The third-order valence-corrected chi connectivity index (χ3v) is 4.85. The zero-order valence-corrected chi connectivity index (χ0v) is 14.6. The largest absolute Gasteiger partial charge is 0.466 e. The number of anilines is 1. The van der Waals surface area contributed by atoms with Crippen LogP contribution in [0, 0.1) is 0 Å². The standard InChI is InChI=1S/C18H15F3N2O3S/c19-18(20,21)12-5-7-13(8-6-12)23-16(24)22-11-17(25,14-3-1-9-26-14)15-4-2-10-27-15/h1-10,25H,11H2,(H2,22,23,24). The molecular formula is C18H15F3N2O3S. The first-order chi connectivity index (χ1) is 12.8. The van der Waals surface area contributed by atoms with E-state index in [1.54, 1.807) is 29.6 Å². The highest BCUT2D eigenvalue weighted by Crippen LogP contribution is 2.33. The quantitative estimate of drug-likeness (QED) is 0.598. The van der Waals surface area contributed by atoms with Gasteiger partial charge < -0.3 is 20.2 Å². The molecule has 5 nitrogen and oxygen atoms in total. The normalized spacial score (nSPS) is 13.8. The zero-order chi connectivity index (χ0) is 19.5. The van der Waals surface area contributed by atoms with E-state index in [0.29, 0.717) is 4.88 Å². The van der Waals surface area contributed by atoms with Crippen molar-refractivity contribution in [3.05, 3.63) is 76.4 Å². The number of hydrogen-bond donors (Lipinski definition) is 3. The number of carbonyl (C=O) groups is 1. The first-order valence-corrected chi connectivity index (χ1v) is 8.69. The summed E-state index contributed by atoms with van der Waals surface area (Å²) in [5, 5.41) is 17.8. The van der Waals surface area contributed by atoms with Crippen molar-refractivity contribution in [2.75, 3.05) is 11.9 Å². The summed E-state index contributed by atoms with van der Waals surface area (Å²) in [5.41, 5.74) is -2.17. The minimum atomic E-state index is -4.44. The minimum absolute atomic E-state index is 0.187. The molecule has 0 radical (unpaired) electrons. The fourth-order valence-electron chi connectivity index (χ4n) is 2.45. The van der Waals surface area contributed by atoms with Gasteiger partial charge in [-0.25, -0.2) is 4.79 Å². The summed E-state index contributed by atoms with van der Waals surface area (Å²) in [6.45, 7) is -0.187. The molecule has 2 amide bonds. The Morgan fingerprint density at radius 1 is 1.11 bits per heavy atom. The van der Waals surface area contributed by atoms with Crippen LogP contribution in [0.3, 0.4) is 0 Å². The molecule has 27 heavy (non-hydrogen) atoms. The molecule has 1 atom stereocenters. The highest BCUT2D eigenvalue weighted by molar-refractivity contribution is 7.10.